The fourth-order valence-corrected chi connectivity index (χ4v) is 1.85. The highest BCUT2D eigenvalue weighted by Crippen LogP contribution is 2.30. The summed E-state index contributed by atoms with van der Waals surface area (Å²) < 4.78 is 0.592. The van der Waals surface area contributed by atoms with Crippen LogP contribution in [-0.4, -0.2) is 9.97 Å². The number of halogens is 2. The van der Waals surface area contributed by atoms with Crippen LogP contribution in [0.15, 0.2) is 30.7 Å². The van der Waals surface area contributed by atoms with Crippen molar-refractivity contribution >= 4 is 35.4 Å². The maximum Gasteiger partial charge on any atom is 0.113 e. The summed E-state index contributed by atoms with van der Waals surface area (Å²) >= 11 is 17.1. The molecule has 0 radical (unpaired) electrons. The molecule has 0 bridgehead atoms. The highest BCUT2D eigenvalue weighted by molar-refractivity contribution is 7.71. The van der Waals surface area contributed by atoms with Crippen molar-refractivity contribution in [1.29, 1.82) is 0 Å². The van der Waals surface area contributed by atoms with Crippen LogP contribution in [0.5, 0.6) is 0 Å². The normalized spacial score (nSPS) is 10.3. The minimum Gasteiger partial charge on any atom is -0.337 e. The number of aromatic amines is 1. The number of nitrogens with zero attached hydrogens (tertiary/aromatic N) is 1. The Morgan fingerprint density at radius 1 is 1.20 bits per heavy atom. The van der Waals surface area contributed by atoms with Crippen molar-refractivity contribution in [3.05, 3.63) is 45.4 Å². The number of H-pyrrole nitrogens is 1. The molecule has 15 heavy (non-hydrogen) atoms. The lowest BCUT2D eigenvalue weighted by Crippen LogP contribution is -1.86. The summed E-state index contributed by atoms with van der Waals surface area (Å²) in [7, 11) is 0. The minimum atomic E-state index is 0.592. The third-order valence-corrected chi connectivity index (χ3v) is 2.84. The summed E-state index contributed by atoms with van der Waals surface area (Å²) in [5, 5.41) is 1.22. The fourth-order valence-electron chi connectivity index (χ4n) is 1.24. The quantitative estimate of drug-likeness (QED) is 0.778. The third kappa shape index (κ3) is 2.20. The molecule has 2 aromatic rings. The molecule has 0 saturated carbocycles. The van der Waals surface area contributed by atoms with Crippen molar-refractivity contribution in [3.63, 3.8) is 0 Å². The van der Waals surface area contributed by atoms with Gasteiger partial charge < -0.3 is 4.98 Å². The number of hydrogen-bond acceptors (Lipinski definition) is 2. The Hall–Kier alpha value is -0.900. The van der Waals surface area contributed by atoms with Gasteiger partial charge in [0.25, 0.3) is 0 Å². The van der Waals surface area contributed by atoms with Crippen LogP contribution in [-0.2, 0) is 0 Å². The van der Waals surface area contributed by atoms with Crippen LogP contribution in [0.25, 0.3) is 11.1 Å². The molecule has 1 N–H and O–H groups in total. The summed E-state index contributed by atoms with van der Waals surface area (Å²) in [5.74, 6) is 0. The highest BCUT2D eigenvalue weighted by Gasteiger charge is 2.06. The van der Waals surface area contributed by atoms with Crippen LogP contribution in [0.1, 0.15) is 0 Å². The molecule has 1 aromatic heterocycles. The van der Waals surface area contributed by atoms with E-state index in [1.165, 1.54) is 6.33 Å². The molecule has 0 amide bonds. The van der Waals surface area contributed by atoms with Gasteiger partial charge in [-0.05, 0) is 18.2 Å². The molecular formula is C10H6Cl2N2S. The third-order valence-electron chi connectivity index (χ3n) is 1.94. The largest absolute Gasteiger partial charge is 0.337 e. The van der Waals surface area contributed by atoms with Crippen LogP contribution < -0.4 is 0 Å². The topological polar surface area (TPSA) is 28.7 Å². The predicted molar refractivity (Wildman–Crippen MR) is 64.9 cm³/mol. The van der Waals surface area contributed by atoms with Crippen molar-refractivity contribution in [1.82, 2.24) is 9.97 Å². The van der Waals surface area contributed by atoms with Crippen LogP contribution in [0, 0.1) is 4.64 Å². The molecule has 0 saturated heterocycles. The summed E-state index contributed by atoms with van der Waals surface area (Å²) in [4.78, 5) is 6.82. The number of nitrogens with one attached hydrogen (secondary N) is 1. The van der Waals surface area contributed by atoms with E-state index in [-0.39, 0.29) is 0 Å². The Kier molecular flexibility index (Phi) is 3.05. The van der Waals surface area contributed by atoms with Gasteiger partial charge in [-0.2, -0.15) is 0 Å². The standard InChI is InChI=1S/C10H6Cl2N2S/c11-6-1-2-9(12)7(3-6)8-4-13-5-14-10(8)15/h1-5H,(H,13,14,15). The molecule has 2 nitrogen and oxygen atoms in total. The van der Waals surface area contributed by atoms with E-state index in [0.29, 0.717) is 14.7 Å². The first-order chi connectivity index (χ1) is 7.18. The lowest BCUT2D eigenvalue weighted by molar-refractivity contribution is 1.15. The Bertz CT molecular complexity index is 551. The summed E-state index contributed by atoms with van der Waals surface area (Å²) in [6.45, 7) is 0. The monoisotopic (exact) mass is 256 g/mol. The van der Waals surface area contributed by atoms with Gasteiger partial charge in [-0.3, -0.25) is 0 Å². The SMILES string of the molecule is S=c1[nH]cncc1-c1cc(Cl)ccc1Cl. The second-order valence-electron chi connectivity index (χ2n) is 2.92. The van der Waals surface area contributed by atoms with Crippen molar-refractivity contribution in [2.45, 2.75) is 0 Å². The van der Waals surface area contributed by atoms with Gasteiger partial charge in [0.05, 0.1) is 6.33 Å². The van der Waals surface area contributed by atoms with E-state index in [9.17, 15) is 0 Å². The second-order valence-corrected chi connectivity index (χ2v) is 4.17. The van der Waals surface area contributed by atoms with Gasteiger partial charge >= 0.3 is 0 Å². The van der Waals surface area contributed by atoms with Crippen molar-refractivity contribution < 1.29 is 0 Å². The Labute approximate surface area is 102 Å². The molecule has 0 spiro atoms. The van der Waals surface area contributed by atoms with E-state index in [1.54, 1.807) is 24.4 Å². The van der Waals surface area contributed by atoms with Crippen molar-refractivity contribution in [2.24, 2.45) is 0 Å². The maximum atomic E-state index is 6.06. The molecule has 1 heterocycles. The van der Waals surface area contributed by atoms with E-state index in [4.69, 9.17) is 35.4 Å². The molecule has 1 aromatic carbocycles. The van der Waals surface area contributed by atoms with E-state index >= 15 is 0 Å². The van der Waals surface area contributed by atoms with E-state index in [0.717, 1.165) is 11.1 Å². The molecule has 76 valence electrons. The zero-order valence-electron chi connectivity index (χ0n) is 7.50. The molecular weight excluding hydrogens is 251 g/mol. The molecule has 0 aliphatic carbocycles. The molecule has 0 unspecified atom stereocenters. The minimum absolute atomic E-state index is 0.592. The number of rotatable bonds is 1. The number of aromatic nitrogens is 2. The predicted octanol–water partition coefficient (Wildman–Crippen LogP) is 4.11. The lowest BCUT2D eigenvalue weighted by atomic mass is 10.1. The average molecular weight is 257 g/mol. The molecule has 0 aliphatic rings. The van der Waals surface area contributed by atoms with E-state index in [1.807, 2.05) is 0 Å². The van der Waals surface area contributed by atoms with Gasteiger partial charge in [0.1, 0.15) is 4.64 Å². The van der Waals surface area contributed by atoms with E-state index < -0.39 is 0 Å². The first kappa shape index (κ1) is 10.6. The molecule has 0 aliphatic heterocycles. The van der Waals surface area contributed by atoms with Crippen LogP contribution >= 0.6 is 35.4 Å². The Morgan fingerprint density at radius 3 is 2.73 bits per heavy atom. The highest BCUT2D eigenvalue weighted by atomic mass is 35.5. The smallest absolute Gasteiger partial charge is 0.113 e. The first-order valence-electron chi connectivity index (χ1n) is 4.16. The lowest BCUT2D eigenvalue weighted by Gasteiger charge is -2.04. The zero-order valence-corrected chi connectivity index (χ0v) is 9.83. The van der Waals surface area contributed by atoms with Crippen LogP contribution in [0.4, 0.5) is 0 Å². The average Bonchev–Trinajstić information content (AvgIpc) is 2.23. The van der Waals surface area contributed by atoms with Gasteiger partial charge in [0, 0.05) is 27.4 Å². The maximum absolute atomic E-state index is 6.06. The van der Waals surface area contributed by atoms with E-state index in [2.05, 4.69) is 9.97 Å². The molecule has 0 fully saturated rings. The van der Waals surface area contributed by atoms with Gasteiger partial charge in [-0.1, -0.05) is 35.4 Å². The van der Waals surface area contributed by atoms with Crippen LogP contribution in [0.2, 0.25) is 10.0 Å². The van der Waals surface area contributed by atoms with Gasteiger partial charge in [0.15, 0.2) is 0 Å². The van der Waals surface area contributed by atoms with Gasteiger partial charge in [0.2, 0.25) is 0 Å². The zero-order chi connectivity index (χ0) is 10.8. The van der Waals surface area contributed by atoms with Crippen molar-refractivity contribution in [2.75, 3.05) is 0 Å². The summed E-state index contributed by atoms with van der Waals surface area (Å²) in [6, 6.07) is 5.24. The second kappa shape index (κ2) is 4.31. The summed E-state index contributed by atoms with van der Waals surface area (Å²) in [6.07, 6.45) is 3.20. The Morgan fingerprint density at radius 2 is 2.00 bits per heavy atom. The molecule has 2 rings (SSSR count). The summed E-state index contributed by atoms with van der Waals surface area (Å²) in [5.41, 5.74) is 1.57. The molecule has 5 heteroatoms. The Balaban J connectivity index is 2.69. The van der Waals surface area contributed by atoms with Gasteiger partial charge in [-0.15, -0.1) is 0 Å². The molecule has 0 atom stereocenters. The number of hydrogen-bond donors (Lipinski definition) is 1. The van der Waals surface area contributed by atoms with Gasteiger partial charge in [-0.25, -0.2) is 4.98 Å². The fraction of sp³-hybridized carbons (Fsp3) is 0. The van der Waals surface area contributed by atoms with Crippen LogP contribution in [0.3, 0.4) is 0 Å². The van der Waals surface area contributed by atoms with Crippen molar-refractivity contribution in [3.8, 4) is 11.1 Å². The first-order valence-corrected chi connectivity index (χ1v) is 5.33. The number of benzene rings is 1.